The molecule has 2 aliphatic rings. The molecule has 2 heterocycles. The lowest BCUT2D eigenvalue weighted by Crippen LogP contribution is -2.39. The first-order chi connectivity index (χ1) is 13.4. The topological polar surface area (TPSA) is 65.9 Å². The molecular formula is C22H35N3O3. The molecule has 6 nitrogen and oxygen atoms in total. The van der Waals surface area contributed by atoms with Gasteiger partial charge in [0.15, 0.2) is 0 Å². The van der Waals surface area contributed by atoms with Gasteiger partial charge >= 0.3 is 0 Å². The molecule has 0 atom stereocenters. The van der Waals surface area contributed by atoms with E-state index in [4.69, 9.17) is 14.8 Å². The molecule has 1 aliphatic heterocycles. The number of likely N-dealkylation sites (N-methyl/N-ethyl adjacent to an activating group) is 1. The van der Waals surface area contributed by atoms with Gasteiger partial charge < -0.3 is 19.6 Å². The second kappa shape index (κ2) is 8.78. The van der Waals surface area contributed by atoms with Gasteiger partial charge in [-0.05, 0) is 56.1 Å². The van der Waals surface area contributed by atoms with Crippen LogP contribution in [0.4, 0.5) is 5.82 Å². The minimum Gasteiger partial charge on any atom is -0.395 e. The van der Waals surface area contributed by atoms with E-state index in [9.17, 15) is 4.79 Å². The number of carbonyl (C=O) groups is 1. The highest BCUT2D eigenvalue weighted by Crippen LogP contribution is 2.45. The SMILES string of the molecule is CCc1cc(C(=O)N(C)CCO)c(C)nc1N1CCC(OCC2(C)CC2)CC1. The summed E-state index contributed by atoms with van der Waals surface area (Å²) in [5, 5.41) is 9.10. The van der Waals surface area contributed by atoms with Gasteiger partial charge in [-0.25, -0.2) is 4.98 Å². The molecule has 1 aromatic heterocycles. The number of aliphatic hydroxyl groups excluding tert-OH is 1. The molecule has 156 valence electrons. The van der Waals surface area contributed by atoms with Crippen LogP contribution in [-0.2, 0) is 11.2 Å². The minimum absolute atomic E-state index is 0.0381. The van der Waals surface area contributed by atoms with E-state index in [1.54, 1.807) is 11.9 Å². The van der Waals surface area contributed by atoms with Crippen LogP contribution in [0.15, 0.2) is 6.07 Å². The predicted molar refractivity (Wildman–Crippen MR) is 111 cm³/mol. The molecule has 6 heteroatoms. The van der Waals surface area contributed by atoms with Crippen LogP contribution in [0.1, 0.15) is 61.1 Å². The van der Waals surface area contributed by atoms with Gasteiger partial charge in [0.25, 0.3) is 5.91 Å². The molecule has 1 saturated heterocycles. The number of anilines is 1. The van der Waals surface area contributed by atoms with E-state index >= 15 is 0 Å². The Balaban J connectivity index is 1.67. The lowest BCUT2D eigenvalue weighted by atomic mass is 10.0. The number of pyridine rings is 1. The molecule has 1 N–H and O–H groups in total. The summed E-state index contributed by atoms with van der Waals surface area (Å²) in [6, 6.07) is 1.99. The van der Waals surface area contributed by atoms with Gasteiger partial charge in [-0.15, -0.1) is 0 Å². The van der Waals surface area contributed by atoms with Gasteiger partial charge in [0.2, 0.25) is 0 Å². The van der Waals surface area contributed by atoms with E-state index in [2.05, 4.69) is 18.7 Å². The monoisotopic (exact) mass is 389 g/mol. The van der Waals surface area contributed by atoms with E-state index < -0.39 is 0 Å². The van der Waals surface area contributed by atoms with E-state index in [1.807, 2.05) is 13.0 Å². The Bertz CT molecular complexity index is 695. The molecule has 1 amide bonds. The second-order valence-corrected chi connectivity index (χ2v) is 8.72. The molecule has 0 unspecified atom stereocenters. The number of amides is 1. The molecule has 0 radical (unpaired) electrons. The number of rotatable bonds is 8. The van der Waals surface area contributed by atoms with E-state index in [1.165, 1.54) is 12.8 Å². The lowest BCUT2D eigenvalue weighted by molar-refractivity contribution is 0.0127. The van der Waals surface area contributed by atoms with Crippen LogP contribution in [0.25, 0.3) is 0 Å². The van der Waals surface area contributed by atoms with E-state index in [0.29, 0.717) is 23.6 Å². The number of aliphatic hydroxyl groups is 1. The maximum absolute atomic E-state index is 12.7. The summed E-state index contributed by atoms with van der Waals surface area (Å²) in [4.78, 5) is 21.4. The van der Waals surface area contributed by atoms with Gasteiger partial charge in [0.05, 0.1) is 30.6 Å². The van der Waals surface area contributed by atoms with Gasteiger partial charge in [-0.1, -0.05) is 13.8 Å². The molecule has 1 aliphatic carbocycles. The van der Waals surface area contributed by atoms with Gasteiger partial charge in [0, 0.05) is 26.7 Å². The zero-order valence-corrected chi connectivity index (χ0v) is 17.8. The van der Waals surface area contributed by atoms with Gasteiger partial charge in [-0.2, -0.15) is 0 Å². The summed E-state index contributed by atoms with van der Waals surface area (Å²) < 4.78 is 6.16. The fourth-order valence-corrected chi connectivity index (χ4v) is 3.75. The smallest absolute Gasteiger partial charge is 0.255 e. The summed E-state index contributed by atoms with van der Waals surface area (Å²) in [5.74, 6) is 0.926. The van der Waals surface area contributed by atoms with Gasteiger partial charge in [-0.3, -0.25) is 4.79 Å². The molecule has 0 aromatic carbocycles. The summed E-state index contributed by atoms with van der Waals surface area (Å²) >= 11 is 0. The molecule has 28 heavy (non-hydrogen) atoms. The third-order valence-electron chi connectivity index (χ3n) is 6.18. The first-order valence-electron chi connectivity index (χ1n) is 10.6. The summed E-state index contributed by atoms with van der Waals surface area (Å²) in [6.07, 6.45) is 5.84. The van der Waals surface area contributed by atoms with Crippen LogP contribution in [-0.4, -0.2) is 66.9 Å². The highest BCUT2D eigenvalue weighted by molar-refractivity contribution is 5.95. The van der Waals surface area contributed by atoms with Crippen molar-refractivity contribution in [3.05, 3.63) is 22.9 Å². The zero-order valence-electron chi connectivity index (χ0n) is 17.8. The quantitative estimate of drug-likeness (QED) is 0.741. The maximum atomic E-state index is 12.7. The number of aromatic nitrogens is 1. The van der Waals surface area contributed by atoms with Crippen LogP contribution in [0.5, 0.6) is 0 Å². The highest BCUT2D eigenvalue weighted by Gasteiger charge is 2.38. The van der Waals surface area contributed by atoms with Crippen molar-refractivity contribution in [2.75, 3.05) is 44.8 Å². The van der Waals surface area contributed by atoms with Crippen LogP contribution in [0, 0.1) is 12.3 Å². The minimum atomic E-state index is -0.0824. The standard InChI is InChI=1S/C22H35N3O3/c1-5-17-14-19(21(27)24(4)12-13-26)16(2)23-20(17)25-10-6-18(7-11-25)28-15-22(3)8-9-22/h14,18,26H,5-13,15H2,1-4H3. The Hall–Kier alpha value is -1.66. The molecule has 1 aromatic rings. The third-order valence-corrected chi connectivity index (χ3v) is 6.18. The van der Waals surface area contributed by atoms with Crippen molar-refractivity contribution in [1.82, 2.24) is 9.88 Å². The van der Waals surface area contributed by atoms with Crippen molar-refractivity contribution in [2.45, 2.75) is 59.0 Å². The summed E-state index contributed by atoms with van der Waals surface area (Å²) in [7, 11) is 1.71. The summed E-state index contributed by atoms with van der Waals surface area (Å²) in [6.45, 7) is 9.38. The number of aryl methyl sites for hydroxylation is 2. The maximum Gasteiger partial charge on any atom is 0.255 e. The average Bonchev–Trinajstić information content (AvgIpc) is 3.44. The number of hydrogen-bond donors (Lipinski definition) is 1. The predicted octanol–water partition coefficient (Wildman–Crippen LogP) is 2.80. The lowest BCUT2D eigenvalue weighted by Gasteiger charge is -2.34. The summed E-state index contributed by atoms with van der Waals surface area (Å²) in [5.41, 5.74) is 2.93. The number of nitrogens with zero attached hydrogens (tertiary/aromatic N) is 3. The molecule has 0 bridgehead atoms. The first-order valence-corrected chi connectivity index (χ1v) is 10.6. The fourth-order valence-electron chi connectivity index (χ4n) is 3.75. The normalized spacial score (nSPS) is 19.0. The number of carbonyl (C=O) groups excluding carboxylic acids is 1. The Morgan fingerprint density at radius 2 is 2.07 bits per heavy atom. The molecule has 0 spiro atoms. The van der Waals surface area contributed by atoms with Crippen molar-refractivity contribution in [3.8, 4) is 0 Å². The third kappa shape index (κ3) is 4.84. The Morgan fingerprint density at radius 3 is 2.64 bits per heavy atom. The first kappa shape index (κ1) is 21.1. The number of ether oxygens (including phenoxy) is 1. The van der Waals surface area contributed by atoms with Crippen molar-refractivity contribution < 1.29 is 14.6 Å². The van der Waals surface area contributed by atoms with Gasteiger partial charge in [0.1, 0.15) is 5.82 Å². The highest BCUT2D eigenvalue weighted by atomic mass is 16.5. The Labute approximate surface area is 168 Å². The molecule has 2 fully saturated rings. The van der Waals surface area contributed by atoms with E-state index in [-0.39, 0.29) is 12.5 Å². The zero-order chi connectivity index (χ0) is 20.3. The fraction of sp³-hybridized carbons (Fsp3) is 0.727. The average molecular weight is 390 g/mol. The van der Waals surface area contributed by atoms with Crippen LogP contribution in [0.3, 0.4) is 0 Å². The van der Waals surface area contributed by atoms with Crippen LogP contribution < -0.4 is 4.90 Å². The van der Waals surface area contributed by atoms with E-state index in [0.717, 1.165) is 56.0 Å². The largest absolute Gasteiger partial charge is 0.395 e. The molecule has 3 rings (SSSR count). The molecule has 1 saturated carbocycles. The molecular weight excluding hydrogens is 354 g/mol. The number of piperidine rings is 1. The Morgan fingerprint density at radius 1 is 1.39 bits per heavy atom. The van der Waals surface area contributed by atoms with Crippen LogP contribution in [0.2, 0.25) is 0 Å². The number of hydrogen-bond acceptors (Lipinski definition) is 5. The van der Waals surface area contributed by atoms with Crippen molar-refractivity contribution in [3.63, 3.8) is 0 Å². The van der Waals surface area contributed by atoms with Crippen molar-refractivity contribution in [2.24, 2.45) is 5.41 Å². The van der Waals surface area contributed by atoms with Crippen molar-refractivity contribution >= 4 is 11.7 Å². The van der Waals surface area contributed by atoms with Crippen molar-refractivity contribution in [1.29, 1.82) is 0 Å². The second-order valence-electron chi connectivity index (χ2n) is 8.72. The van der Waals surface area contributed by atoms with Crippen LogP contribution >= 0.6 is 0 Å². The Kier molecular flexibility index (Phi) is 6.61.